The third-order valence-corrected chi connectivity index (χ3v) is 3.58. The lowest BCUT2D eigenvalue weighted by atomic mass is 10.1. The van der Waals surface area contributed by atoms with Crippen molar-refractivity contribution in [3.8, 4) is 0 Å². The van der Waals surface area contributed by atoms with E-state index >= 15 is 0 Å². The second-order valence-electron chi connectivity index (χ2n) is 6.39. The van der Waals surface area contributed by atoms with Crippen LogP contribution in [0.15, 0.2) is 0 Å². The number of carboxylic acids is 1. The molecule has 0 atom stereocenters. The summed E-state index contributed by atoms with van der Waals surface area (Å²) in [4.78, 5) is 29.2. The highest BCUT2D eigenvalue weighted by atomic mass is 16.4. The summed E-state index contributed by atoms with van der Waals surface area (Å²) in [6.07, 6.45) is 0.940. The maximum absolute atomic E-state index is 12.7. The molecule has 1 N–H and O–H groups in total. The van der Waals surface area contributed by atoms with Gasteiger partial charge < -0.3 is 19.8 Å². The van der Waals surface area contributed by atoms with E-state index in [9.17, 15) is 9.59 Å². The number of carbonyl (C=O) groups is 2. The van der Waals surface area contributed by atoms with Crippen LogP contribution in [0.3, 0.4) is 0 Å². The summed E-state index contributed by atoms with van der Waals surface area (Å²) in [5.41, 5.74) is -0.370. The van der Waals surface area contributed by atoms with Crippen molar-refractivity contribution < 1.29 is 14.7 Å². The molecular weight excluding hydrogens is 258 g/mol. The first-order valence-electron chi connectivity index (χ1n) is 7.18. The molecule has 6 nitrogen and oxygen atoms in total. The summed E-state index contributed by atoms with van der Waals surface area (Å²) < 4.78 is 0. The fourth-order valence-electron chi connectivity index (χ4n) is 2.33. The SMILES string of the molecule is CN1CCCN(C(=O)N(CCC(=O)O)C(C)(C)C)CC1. The molecule has 0 aliphatic carbocycles. The highest BCUT2D eigenvalue weighted by Crippen LogP contribution is 2.17. The van der Waals surface area contributed by atoms with E-state index in [0.29, 0.717) is 6.54 Å². The molecule has 1 heterocycles. The molecule has 0 saturated carbocycles. The van der Waals surface area contributed by atoms with Crippen molar-refractivity contribution >= 4 is 12.0 Å². The van der Waals surface area contributed by atoms with Crippen LogP contribution in [0.4, 0.5) is 4.79 Å². The lowest BCUT2D eigenvalue weighted by molar-refractivity contribution is -0.137. The second-order valence-corrected chi connectivity index (χ2v) is 6.39. The Hall–Kier alpha value is -1.30. The first-order valence-corrected chi connectivity index (χ1v) is 7.18. The minimum absolute atomic E-state index is 0.0171. The van der Waals surface area contributed by atoms with Crippen molar-refractivity contribution in [2.45, 2.75) is 39.2 Å². The van der Waals surface area contributed by atoms with Gasteiger partial charge in [-0.25, -0.2) is 4.79 Å². The lowest BCUT2D eigenvalue weighted by Gasteiger charge is -2.39. The average Bonchev–Trinajstić information content (AvgIpc) is 2.51. The molecule has 2 amide bonds. The van der Waals surface area contributed by atoms with Crippen LogP contribution in [0.1, 0.15) is 33.6 Å². The van der Waals surface area contributed by atoms with Gasteiger partial charge in [0.25, 0.3) is 0 Å². The maximum Gasteiger partial charge on any atom is 0.320 e. The molecule has 0 bridgehead atoms. The first-order chi connectivity index (χ1) is 9.21. The molecule has 1 saturated heterocycles. The Kier molecular flexibility index (Phi) is 5.80. The van der Waals surface area contributed by atoms with E-state index in [1.54, 1.807) is 4.90 Å². The van der Waals surface area contributed by atoms with Gasteiger partial charge in [-0.3, -0.25) is 4.79 Å². The summed E-state index contributed by atoms with van der Waals surface area (Å²) in [7, 11) is 2.06. The Balaban J connectivity index is 2.73. The molecule has 0 spiro atoms. The Morgan fingerprint density at radius 1 is 1.15 bits per heavy atom. The van der Waals surface area contributed by atoms with Crippen LogP contribution in [0, 0.1) is 0 Å². The monoisotopic (exact) mass is 285 g/mol. The third kappa shape index (κ3) is 5.00. The van der Waals surface area contributed by atoms with Crippen LogP contribution in [0.2, 0.25) is 0 Å². The number of hydrogen-bond acceptors (Lipinski definition) is 3. The van der Waals surface area contributed by atoms with E-state index < -0.39 is 5.97 Å². The van der Waals surface area contributed by atoms with Gasteiger partial charge in [0.2, 0.25) is 0 Å². The number of likely N-dealkylation sites (N-methyl/N-ethyl adjacent to an activating group) is 1. The number of aliphatic carboxylic acids is 1. The number of nitrogens with zero attached hydrogens (tertiary/aromatic N) is 3. The molecule has 1 fully saturated rings. The van der Waals surface area contributed by atoms with Gasteiger partial charge in [0.1, 0.15) is 0 Å². The zero-order valence-electron chi connectivity index (χ0n) is 13.1. The van der Waals surface area contributed by atoms with Gasteiger partial charge in [0.15, 0.2) is 0 Å². The molecule has 1 aliphatic rings. The molecule has 1 aliphatic heterocycles. The van der Waals surface area contributed by atoms with Crippen LogP contribution in [0.5, 0.6) is 0 Å². The molecule has 0 radical (unpaired) electrons. The van der Waals surface area contributed by atoms with Crippen molar-refractivity contribution in [2.75, 3.05) is 39.8 Å². The molecule has 0 aromatic carbocycles. The van der Waals surface area contributed by atoms with Crippen molar-refractivity contribution in [3.63, 3.8) is 0 Å². The minimum Gasteiger partial charge on any atom is -0.481 e. The lowest BCUT2D eigenvalue weighted by Crippen LogP contribution is -2.53. The zero-order valence-corrected chi connectivity index (χ0v) is 13.1. The normalized spacial score (nSPS) is 17.7. The first kappa shape index (κ1) is 16.8. The summed E-state index contributed by atoms with van der Waals surface area (Å²) in [5.74, 6) is -0.873. The maximum atomic E-state index is 12.7. The Morgan fingerprint density at radius 3 is 2.35 bits per heavy atom. The Labute approximate surface area is 121 Å². The van der Waals surface area contributed by atoms with Crippen LogP contribution in [-0.2, 0) is 4.79 Å². The molecule has 116 valence electrons. The minimum atomic E-state index is -0.873. The van der Waals surface area contributed by atoms with Gasteiger partial charge in [-0.05, 0) is 40.8 Å². The van der Waals surface area contributed by atoms with Crippen molar-refractivity contribution in [2.24, 2.45) is 0 Å². The fraction of sp³-hybridized carbons (Fsp3) is 0.857. The van der Waals surface area contributed by atoms with Gasteiger partial charge >= 0.3 is 12.0 Å². The van der Waals surface area contributed by atoms with E-state index in [1.165, 1.54) is 0 Å². The van der Waals surface area contributed by atoms with Gasteiger partial charge in [-0.2, -0.15) is 0 Å². The molecule has 0 aromatic heterocycles. The molecular formula is C14H27N3O3. The van der Waals surface area contributed by atoms with E-state index in [2.05, 4.69) is 11.9 Å². The predicted molar refractivity (Wildman–Crippen MR) is 77.8 cm³/mol. The topological polar surface area (TPSA) is 64.1 Å². The smallest absolute Gasteiger partial charge is 0.320 e. The van der Waals surface area contributed by atoms with Gasteiger partial charge in [-0.15, -0.1) is 0 Å². The van der Waals surface area contributed by atoms with E-state index in [1.807, 2.05) is 25.7 Å². The van der Waals surface area contributed by atoms with E-state index in [-0.39, 0.29) is 24.5 Å². The van der Waals surface area contributed by atoms with Crippen molar-refractivity contribution in [1.29, 1.82) is 0 Å². The van der Waals surface area contributed by atoms with Gasteiger partial charge in [0.05, 0.1) is 6.42 Å². The standard InChI is InChI=1S/C14H27N3O3/c1-14(2,3)17(9-6-12(18)19)13(20)16-8-5-7-15(4)10-11-16/h5-11H2,1-4H3,(H,18,19). The van der Waals surface area contributed by atoms with Gasteiger partial charge in [-0.1, -0.05) is 0 Å². The fourth-order valence-corrected chi connectivity index (χ4v) is 2.33. The number of amides is 2. The molecule has 20 heavy (non-hydrogen) atoms. The molecule has 6 heteroatoms. The number of rotatable bonds is 3. The molecule has 0 aromatic rings. The zero-order chi connectivity index (χ0) is 15.3. The highest BCUT2D eigenvalue weighted by Gasteiger charge is 2.30. The molecule has 0 unspecified atom stereocenters. The average molecular weight is 285 g/mol. The Bertz CT molecular complexity index is 352. The number of urea groups is 1. The quantitative estimate of drug-likeness (QED) is 0.849. The number of carbonyl (C=O) groups excluding carboxylic acids is 1. The van der Waals surface area contributed by atoms with E-state index in [0.717, 1.165) is 26.1 Å². The van der Waals surface area contributed by atoms with Crippen LogP contribution < -0.4 is 0 Å². The van der Waals surface area contributed by atoms with Crippen LogP contribution >= 0.6 is 0 Å². The summed E-state index contributed by atoms with van der Waals surface area (Å²) in [6.45, 7) is 9.38. The number of hydrogen-bond donors (Lipinski definition) is 1. The third-order valence-electron chi connectivity index (χ3n) is 3.58. The summed E-state index contributed by atoms with van der Waals surface area (Å²) >= 11 is 0. The molecule has 1 rings (SSSR count). The predicted octanol–water partition coefficient (Wildman–Crippen LogP) is 1.32. The van der Waals surface area contributed by atoms with Crippen molar-refractivity contribution in [1.82, 2.24) is 14.7 Å². The van der Waals surface area contributed by atoms with Crippen molar-refractivity contribution in [3.05, 3.63) is 0 Å². The summed E-state index contributed by atoms with van der Waals surface area (Å²) in [5, 5.41) is 8.84. The highest BCUT2D eigenvalue weighted by molar-refractivity contribution is 5.76. The summed E-state index contributed by atoms with van der Waals surface area (Å²) in [6, 6.07) is -0.0472. The van der Waals surface area contributed by atoms with Crippen LogP contribution in [0.25, 0.3) is 0 Å². The van der Waals surface area contributed by atoms with E-state index in [4.69, 9.17) is 5.11 Å². The second kappa shape index (κ2) is 6.92. The van der Waals surface area contributed by atoms with Crippen LogP contribution in [-0.4, -0.2) is 77.1 Å². The Morgan fingerprint density at radius 2 is 1.80 bits per heavy atom. The largest absolute Gasteiger partial charge is 0.481 e. The van der Waals surface area contributed by atoms with Gasteiger partial charge in [0, 0.05) is 31.7 Å². The number of carboxylic acid groups (broad SMARTS) is 1.